The maximum absolute atomic E-state index is 12.7. The van der Waals surface area contributed by atoms with Crippen LogP contribution in [0.2, 0.25) is 0 Å². The van der Waals surface area contributed by atoms with Crippen LogP contribution in [0, 0.1) is 18.7 Å². The highest BCUT2D eigenvalue weighted by Gasteiger charge is 2.13. The molecule has 0 radical (unpaired) electrons. The predicted molar refractivity (Wildman–Crippen MR) is 96.7 cm³/mol. The summed E-state index contributed by atoms with van der Waals surface area (Å²) >= 11 is 0. The lowest BCUT2D eigenvalue weighted by molar-refractivity contribution is 0.372. The molecule has 2 aromatic carbocycles. The molecule has 25 heavy (non-hydrogen) atoms. The Morgan fingerprint density at radius 1 is 1.04 bits per heavy atom. The SMILES string of the molecule is Cc1ccc(S(=O)(=O)O)cc1.Fc1ccc(CC2CCNCC2)cc1. The van der Waals surface area contributed by atoms with Crippen LogP contribution in [0.5, 0.6) is 0 Å². The van der Waals surface area contributed by atoms with E-state index in [1.165, 1.54) is 30.5 Å². The zero-order valence-corrected chi connectivity index (χ0v) is 15.1. The van der Waals surface area contributed by atoms with Crippen molar-refractivity contribution in [3.8, 4) is 0 Å². The molecule has 3 rings (SSSR count). The van der Waals surface area contributed by atoms with Crippen molar-refractivity contribution < 1.29 is 17.4 Å². The number of halogens is 1. The normalized spacial score (nSPS) is 15.3. The van der Waals surface area contributed by atoms with E-state index in [0.717, 1.165) is 31.0 Å². The lowest BCUT2D eigenvalue weighted by Crippen LogP contribution is -2.28. The molecule has 1 fully saturated rings. The fourth-order valence-electron chi connectivity index (χ4n) is 2.75. The van der Waals surface area contributed by atoms with Crippen LogP contribution < -0.4 is 5.32 Å². The van der Waals surface area contributed by atoms with Crippen LogP contribution in [0.3, 0.4) is 0 Å². The maximum Gasteiger partial charge on any atom is 0.294 e. The third kappa shape index (κ3) is 6.94. The number of aryl methyl sites for hydroxylation is 1. The molecule has 6 heteroatoms. The maximum atomic E-state index is 12.7. The number of nitrogens with one attached hydrogen (secondary N) is 1. The van der Waals surface area contributed by atoms with E-state index in [1.54, 1.807) is 24.3 Å². The van der Waals surface area contributed by atoms with Crippen LogP contribution in [0.1, 0.15) is 24.0 Å². The van der Waals surface area contributed by atoms with E-state index in [4.69, 9.17) is 4.55 Å². The first-order valence-electron chi connectivity index (χ1n) is 8.34. The molecule has 1 heterocycles. The van der Waals surface area contributed by atoms with Gasteiger partial charge in [0.15, 0.2) is 0 Å². The first-order chi connectivity index (χ1) is 11.8. The predicted octanol–water partition coefficient (Wildman–Crippen LogP) is 3.61. The van der Waals surface area contributed by atoms with Crippen LogP contribution >= 0.6 is 0 Å². The number of rotatable bonds is 3. The van der Waals surface area contributed by atoms with E-state index in [1.807, 2.05) is 19.1 Å². The van der Waals surface area contributed by atoms with Crippen molar-refractivity contribution in [2.45, 2.75) is 31.1 Å². The van der Waals surface area contributed by atoms with Gasteiger partial charge < -0.3 is 5.32 Å². The van der Waals surface area contributed by atoms with Crippen LogP contribution in [0.15, 0.2) is 53.4 Å². The van der Waals surface area contributed by atoms with Crippen molar-refractivity contribution in [1.82, 2.24) is 5.32 Å². The number of hydrogen-bond donors (Lipinski definition) is 2. The highest BCUT2D eigenvalue weighted by atomic mass is 32.2. The monoisotopic (exact) mass is 365 g/mol. The highest BCUT2D eigenvalue weighted by molar-refractivity contribution is 7.85. The van der Waals surface area contributed by atoms with Gasteiger partial charge in [-0.2, -0.15) is 8.42 Å². The zero-order chi connectivity index (χ0) is 18.3. The smallest absolute Gasteiger partial charge is 0.294 e. The Morgan fingerprint density at radius 3 is 2.12 bits per heavy atom. The molecular formula is C19H24FNO3S. The first kappa shape index (κ1) is 19.6. The van der Waals surface area contributed by atoms with Crippen molar-refractivity contribution in [2.75, 3.05) is 13.1 Å². The fraction of sp³-hybridized carbons (Fsp3) is 0.368. The van der Waals surface area contributed by atoms with Crippen LogP contribution in [-0.2, 0) is 16.5 Å². The molecule has 0 bridgehead atoms. The van der Waals surface area contributed by atoms with Gasteiger partial charge in [0.1, 0.15) is 5.82 Å². The lowest BCUT2D eigenvalue weighted by atomic mass is 9.91. The quantitative estimate of drug-likeness (QED) is 0.816. The Hall–Kier alpha value is -1.76. The standard InChI is InChI=1S/C12H16FN.C7H8O3S/c13-12-3-1-10(2-4-12)9-11-5-7-14-8-6-11;1-6-2-4-7(5-3-6)11(8,9)10/h1-4,11,14H,5-9H2;2-5H,1H3,(H,8,9,10). The first-order valence-corrected chi connectivity index (χ1v) is 9.78. The van der Waals surface area contributed by atoms with E-state index in [9.17, 15) is 12.8 Å². The van der Waals surface area contributed by atoms with Gasteiger partial charge in [0.2, 0.25) is 0 Å². The molecule has 0 spiro atoms. The summed E-state index contributed by atoms with van der Waals surface area (Å²) < 4.78 is 42.2. The summed E-state index contributed by atoms with van der Waals surface area (Å²) in [7, 11) is -4.02. The molecule has 0 aliphatic carbocycles. The van der Waals surface area contributed by atoms with Crippen LogP contribution in [0.4, 0.5) is 4.39 Å². The summed E-state index contributed by atoms with van der Waals surface area (Å²) in [5.74, 6) is 0.640. The Balaban J connectivity index is 0.000000186. The van der Waals surface area contributed by atoms with E-state index >= 15 is 0 Å². The summed E-state index contributed by atoms with van der Waals surface area (Å²) in [6.07, 6.45) is 3.59. The average Bonchev–Trinajstić information content (AvgIpc) is 2.58. The highest BCUT2D eigenvalue weighted by Crippen LogP contribution is 2.18. The van der Waals surface area contributed by atoms with Crippen molar-refractivity contribution in [2.24, 2.45) is 5.92 Å². The van der Waals surface area contributed by atoms with Crippen molar-refractivity contribution >= 4 is 10.1 Å². The minimum Gasteiger partial charge on any atom is -0.317 e. The molecule has 2 aromatic rings. The van der Waals surface area contributed by atoms with E-state index < -0.39 is 10.1 Å². The van der Waals surface area contributed by atoms with Gasteiger partial charge in [-0.25, -0.2) is 4.39 Å². The van der Waals surface area contributed by atoms with Gasteiger partial charge in [0.25, 0.3) is 10.1 Å². The van der Waals surface area contributed by atoms with Crippen molar-refractivity contribution in [3.63, 3.8) is 0 Å². The minimum atomic E-state index is -4.02. The van der Waals surface area contributed by atoms with Gasteiger partial charge in [-0.1, -0.05) is 29.8 Å². The van der Waals surface area contributed by atoms with Gasteiger partial charge in [0, 0.05) is 0 Å². The van der Waals surface area contributed by atoms with E-state index in [-0.39, 0.29) is 10.7 Å². The van der Waals surface area contributed by atoms with E-state index in [2.05, 4.69) is 5.32 Å². The van der Waals surface area contributed by atoms with Crippen LogP contribution in [-0.4, -0.2) is 26.1 Å². The van der Waals surface area contributed by atoms with Crippen molar-refractivity contribution in [3.05, 3.63) is 65.5 Å². The van der Waals surface area contributed by atoms with Gasteiger partial charge in [-0.05, 0) is 75.0 Å². The Bertz CT molecular complexity index is 752. The molecule has 4 nitrogen and oxygen atoms in total. The van der Waals surface area contributed by atoms with Crippen molar-refractivity contribution in [1.29, 1.82) is 0 Å². The molecule has 0 aromatic heterocycles. The fourth-order valence-corrected chi connectivity index (χ4v) is 3.23. The minimum absolute atomic E-state index is 0.0666. The topological polar surface area (TPSA) is 66.4 Å². The molecule has 1 saturated heterocycles. The Kier molecular flexibility index (Phi) is 7.11. The number of benzene rings is 2. The number of piperidine rings is 1. The molecule has 0 saturated carbocycles. The second-order valence-corrected chi connectivity index (χ2v) is 7.73. The summed E-state index contributed by atoms with van der Waals surface area (Å²) in [4.78, 5) is -0.0666. The Morgan fingerprint density at radius 2 is 1.60 bits per heavy atom. The largest absolute Gasteiger partial charge is 0.317 e. The van der Waals surface area contributed by atoms with Gasteiger partial charge in [-0.3, -0.25) is 4.55 Å². The molecular weight excluding hydrogens is 341 g/mol. The second kappa shape index (κ2) is 9.08. The molecule has 136 valence electrons. The lowest BCUT2D eigenvalue weighted by Gasteiger charge is -2.22. The molecule has 2 N–H and O–H groups in total. The molecule has 0 unspecified atom stereocenters. The third-order valence-corrected chi connectivity index (χ3v) is 5.08. The summed E-state index contributed by atoms with van der Waals surface area (Å²) in [5.41, 5.74) is 2.22. The zero-order valence-electron chi connectivity index (χ0n) is 14.3. The number of hydrogen-bond acceptors (Lipinski definition) is 3. The second-order valence-electron chi connectivity index (χ2n) is 6.31. The van der Waals surface area contributed by atoms with Crippen LogP contribution in [0.25, 0.3) is 0 Å². The van der Waals surface area contributed by atoms with Gasteiger partial charge in [-0.15, -0.1) is 0 Å². The molecule has 1 aliphatic rings. The summed E-state index contributed by atoms with van der Waals surface area (Å²) in [6.45, 7) is 4.10. The molecule has 0 amide bonds. The average molecular weight is 365 g/mol. The van der Waals surface area contributed by atoms with E-state index in [0.29, 0.717) is 0 Å². The summed E-state index contributed by atoms with van der Waals surface area (Å²) in [5, 5.41) is 3.35. The Labute approximate surface area is 148 Å². The summed E-state index contributed by atoms with van der Waals surface area (Å²) in [6, 6.07) is 12.9. The third-order valence-electron chi connectivity index (χ3n) is 4.22. The van der Waals surface area contributed by atoms with Gasteiger partial charge in [0.05, 0.1) is 4.90 Å². The molecule has 1 aliphatic heterocycles. The molecule has 0 atom stereocenters. The van der Waals surface area contributed by atoms with Gasteiger partial charge >= 0.3 is 0 Å².